The van der Waals surface area contributed by atoms with E-state index in [9.17, 15) is 13.6 Å². The van der Waals surface area contributed by atoms with Gasteiger partial charge in [0.15, 0.2) is 10.9 Å². The van der Waals surface area contributed by atoms with Gasteiger partial charge >= 0.3 is 6.61 Å². The van der Waals surface area contributed by atoms with Crippen molar-refractivity contribution in [1.82, 2.24) is 4.98 Å². The number of pyridine rings is 1. The summed E-state index contributed by atoms with van der Waals surface area (Å²) in [5.74, 6) is 0.304. The van der Waals surface area contributed by atoms with E-state index in [0.717, 1.165) is 18.5 Å². The second-order valence-corrected chi connectivity index (χ2v) is 4.57. The third-order valence-electron chi connectivity index (χ3n) is 3.01. The summed E-state index contributed by atoms with van der Waals surface area (Å²) in [6.07, 6.45) is 2.55. The monoisotopic (exact) mass is 275 g/mol. The highest BCUT2D eigenvalue weighted by Gasteiger charge is 2.22. The Hall–Kier alpha value is -1.23. The van der Waals surface area contributed by atoms with Crippen LogP contribution in [-0.2, 0) is 4.79 Å². The number of ketones is 1. The summed E-state index contributed by atoms with van der Waals surface area (Å²) >= 11 is 5.78. The van der Waals surface area contributed by atoms with E-state index >= 15 is 0 Å². The topological polar surface area (TPSA) is 39.2 Å². The average Bonchev–Trinajstić information content (AvgIpc) is 2.32. The minimum Gasteiger partial charge on any atom is -0.432 e. The van der Waals surface area contributed by atoms with Crippen LogP contribution in [0.1, 0.15) is 37.3 Å². The van der Waals surface area contributed by atoms with Crippen LogP contribution in [0.4, 0.5) is 8.78 Å². The molecule has 1 fully saturated rings. The van der Waals surface area contributed by atoms with E-state index in [2.05, 4.69) is 9.72 Å². The highest BCUT2D eigenvalue weighted by Crippen LogP contribution is 2.33. The summed E-state index contributed by atoms with van der Waals surface area (Å²) in [6.45, 7) is -2.91. The molecule has 1 aliphatic carbocycles. The van der Waals surface area contributed by atoms with Crippen LogP contribution in [0.15, 0.2) is 12.1 Å². The lowest BCUT2D eigenvalue weighted by atomic mass is 9.86. The number of ether oxygens (including phenoxy) is 1. The third-order valence-corrected chi connectivity index (χ3v) is 3.28. The Kier molecular flexibility index (Phi) is 4.11. The Morgan fingerprint density at radius 2 is 2.00 bits per heavy atom. The van der Waals surface area contributed by atoms with Crippen molar-refractivity contribution in [1.29, 1.82) is 0 Å². The molecular weight excluding hydrogens is 264 g/mol. The Morgan fingerprint density at radius 1 is 1.33 bits per heavy atom. The van der Waals surface area contributed by atoms with Gasteiger partial charge in [-0.15, -0.1) is 0 Å². The summed E-state index contributed by atoms with van der Waals surface area (Å²) in [7, 11) is 0. The summed E-state index contributed by atoms with van der Waals surface area (Å²) in [5, 5.41) is -0.0651. The van der Waals surface area contributed by atoms with E-state index in [1.54, 1.807) is 6.07 Å². The lowest BCUT2D eigenvalue weighted by Gasteiger charge is -2.20. The van der Waals surface area contributed by atoms with Crippen molar-refractivity contribution >= 4 is 17.4 Å². The number of hydrogen-bond acceptors (Lipinski definition) is 3. The van der Waals surface area contributed by atoms with E-state index in [1.165, 1.54) is 6.07 Å². The lowest BCUT2D eigenvalue weighted by Crippen LogP contribution is -2.13. The molecule has 0 aromatic carbocycles. The fourth-order valence-corrected chi connectivity index (χ4v) is 2.29. The zero-order valence-electron chi connectivity index (χ0n) is 9.54. The van der Waals surface area contributed by atoms with Crippen LogP contribution in [0.5, 0.6) is 5.75 Å². The van der Waals surface area contributed by atoms with Gasteiger partial charge in [-0.25, -0.2) is 4.98 Å². The Labute approximate surface area is 108 Å². The molecule has 1 aromatic heterocycles. The summed E-state index contributed by atoms with van der Waals surface area (Å²) in [5.41, 5.74) is 0.731. The molecule has 98 valence electrons. The van der Waals surface area contributed by atoms with Gasteiger partial charge in [-0.2, -0.15) is 8.78 Å². The van der Waals surface area contributed by atoms with E-state index in [4.69, 9.17) is 11.6 Å². The number of aromatic nitrogens is 1. The molecule has 0 aliphatic heterocycles. The van der Waals surface area contributed by atoms with Gasteiger partial charge in [0.05, 0.1) is 0 Å². The first-order valence-electron chi connectivity index (χ1n) is 5.69. The van der Waals surface area contributed by atoms with Crippen molar-refractivity contribution in [2.24, 2.45) is 0 Å². The lowest BCUT2D eigenvalue weighted by molar-refractivity contribution is -0.120. The zero-order chi connectivity index (χ0) is 13.1. The van der Waals surface area contributed by atoms with Crippen molar-refractivity contribution in [2.75, 3.05) is 0 Å². The fraction of sp³-hybridized carbons (Fsp3) is 0.500. The molecule has 18 heavy (non-hydrogen) atoms. The average molecular weight is 276 g/mol. The second-order valence-electron chi connectivity index (χ2n) is 4.22. The molecule has 1 heterocycles. The first-order valence-corrected chi connectivity index (χ1v) is 6.07. The molecule has 1 aliphatic rings. The third kappa shape index (κ3) is 3.16. The molecule has 6 heteroatoms. The summed E-state index contributed by atoms with van der Waals surface area (Å²) < 4.78 is 28.3. The molecule has 0 bridgehead atoms. The fourth-order valence-electron chi connectivity index (χ4n) is 2.08. The van der Waals surface area contributed by atoms with Crippen LogP contribution in [0.3, 0.4) is 0 Å². The number of alkyl halides is 2. The molecule has 0 spiro atoms. The predicted octanol–water partition coefficient (Wildman–Crippen LogP) is 3.56. The summed E-state index contributed by atoms with van der Waals surface area (Å²) in [6, 6.07) is 3.03. The van der Waals surface area contributed by atoms with Crippen LogP contribution in [0, 0.1) is 0 Å². The minimum absolute atomic E-state index is 0.0651. The van der Waals surface area contributed by atoms with Gasteiger partial charge in [-0.05, 0) is 25.0 Å². The van der Waals surface area contributed by atoms with Crippen LogP contribution in [0.2, 0.25) is 5.15 Å². The highest BCUT2D eigenvalue weighted by molar-refractivity contribution is 6.30. The number of nitrogens with zero attached hydrogens (tertiary/aromatic N) is 1. The molecule has 2 rings (SSSR count). The van der Waals surface area contributed by atoms with Crippen LogP contribution in [0.25, 0.3) is 0 Å². The van der Waals surface area contributed by atoms with E-state index in [1.807, 2.05) is 0 Å². The van der Waals surface area contributed by atoms with Crippen molar-refractivity contribution < 1.29 is 18.3 Å². The quantitative estimate of drug-likeness (QED) is 0.792. The van der Waals surface area contributed by atoms with Crippen LogP contribution in [-0.4, -0.2) is 17.4 Å². The molecule has 0 radical (unpaired) electrons. The number of carbonyl (C=O) groups excluding carboxylic acids is 1. The van der Waals surface area contributed by atoms with Crippen molar-refractivity contribution in [3.63, 3.8) is 0 Å². The number of Topliss-reactive ketones (excluding diaryl/α,β-unsaturated/α-hetero) is 1. The molecule has 0 atom stereocenters. The highest BCUT2D eigenvalue weighted by atomic mass is 35.5. The molecule has 0 saturated heterocycles. The number of rotatable bonds is 3. The molecule has 0 unspecified atom stereocenters. The van der Waals surface area contributed by atoms with E-state index in [-0.39, 0.29) is 22.6 Å². The SMILES string of the molecule is O=C1CCC(c2ccc(OC(F)F)c(Cl)n2)CC1. The van der Waals surface area contributed by atoms with Gasteiger partial charge in [-0.1, -0.05) is 11.6 Å². The van der Waals surface area contributed by atoms with Crippen LogP contribution < -0.4 is 4.74 Å². The van der Waals surface area contributed by atoms with Gasteiger partial charge in [-0.3, -0.25) is 4.79 Å². The number of carbonyl (C=O) groups is 1. The molecule has 3 nitrogen and oxygen atoms in total. The number of hydrogen-bond donors (Lipinski definition) is 0. The van der Waals surface area contributed by atoms with E-state index in [0.29, 0.717) is 12.8 Å². The first-order chi connectivity index (χ1) is 8.56. The first kappa shape index (κ1) is 13.2. The number of halogens is 3. The van der Waals surface area contributed by atoms with E-state index < -0.39 is 6.61 Å². The Bertz CT molecular complexity index is 444. The second kappa shape index (κ2) is 5.61. The largest absolute Gasteiger partial charge is 0.432 e. The standard InChI is InChI=1S/C12H12ClF2NO2/c13-11-10(18-12(14)15)6-5-9(16-11)7-1-3-8(17)4-2-7/h5-7,12H,1-4H2. The van der Waals surface area contributed by atoms with Gasteiger partial charge in [0, 0.05) is 24.5 Å². The molecular formula is C12H12ClF2NO2. The summed E-state index contributed by atoms with van der Waals surface area (Å²) in [4.78, 5) is 15.2. The molecule has 0 amide bonds. The maximum absolute atomic E-state index is 12.1. The zero-order valence-corrected chi connectivity index (χ0v) is 10.3. The van der Waals surface area contributed by atoms with Gasteiger partial charge in [0.2, 0.25) is 0 Å². The van der Waals surface area contributed by atoms with Crippen molar-refractivity contribution in [3.05, 3.63) is 23.0 Å². The van der Waals surface area contributed by atoms with Gasteiger partial charge < -0.3 is 4.74 Å². The van der Waals surface area contributed by atoms with Crippen molar-refractivity contribution in [2.45, 2.75) is 38.2 Å². The maximum Gasteiger partial charge on any atom is 0.387 e. The van der Waals surface area contributed by atoms with Gasteiger partial charge in [0.25, 0.3) is 0 Å². The minimum atomic E-state index is -2.91. The molecule has 1 saturated carbocycles. The van der Waals surface area contributed by atoms with Crippen LogP contribution >= 0.6 is 11.6 Å². The Balaban J connectivity index is 2.11. The van der Waals surface area contributed by atoms with Crippen molar-refractivity contribution in [3.8, 4) is 5.75 Å². The van der Waals surface area contributed by atoms with Gasteiger partial charge in [0.1, 0.15) is 5.78 Å². The molecule has 0 N–H and O–H groups in total. The normalized spacial score (nSPS) is 17.2. The molecule has 1 aromatic rings. The Morgan fingerprint density at radius 3 is 2.56 bits per heavy atom. The smallest absolute Gasteiger partial charge is 0.387 e. The maximum atomic E-state index is 12.1. The predicted molar refractivity (Wildman–Crippen MR) is 62.1 cm³/mol.